The van der Waals surface area contributed by atoms with Gasteiger partial charge in [0.05, 0.1) is 27.1 Å². The maximum Gasteiger partial charge on any atom is 0.0640 e. The summed E-state index contributed by atoms with van der Waals surface area (Å²) in [5.74, 6) is 0.592. The fourth-order valence-corrected chi connectivity index (χ4v) is 11.6. The lowest BCUT2D eigenvalue weighted by Gasteiger charge is -2.29. The van der Waals surface area contributed by atoms with E-state index < -0.39 is 0 Å². The van der Waals surface area contributed by atoms with Crippen LogP contribution < -0.4 is 4.90 Å². The second-order valence-corrected chi connectivity index (χ2v) is 17.7. The molecule has 61 heavy (non-hydrogen) atoms. The third kappa shape index (κ3) is 6.06. The molecule has 0 radical (unpaired) electrons. The van der Waals surface area contributed by atoms with E-state index in [0.29, 0.717) is 5.92 Å². The molecule has 2 heterocycles. The molecule has 3 heteroatoms. The summed E-state index contributed by atoms with van der Waals surface area (Å²) >= 11 is 1.89. The van der Waals surface area contributed by atoms with E-state index >= 15 is 0 Å². The third-order valence-electron chi connectivity index (χ3n) is 13.2. The van der Waals surface area contributed by atoms with E-state index in [9.17, 15) is 0 Å². The molecule has 1 fully saturated rings. The van der Waals surface area contributed by atoms with E-state index in [4.69, 9.17) is 0 Å². The molecule has 12 rings (SSSR count). The number of hydrogen-bond donors (Lipinski definition) is 0. The Kier molecular flexibility index (Phi) is 8.82. The predicted octanol–water partition coefficient (Wildman–Crippen LogP) is 17.2. The lowest BCUT2D eigenvalue weighted by Crippen LogP contribution is -2.11. The number of hydrogen-bond acceptors (Lipinski definition) is 2. The van der Waals surface area contributed by atoms with Crippen molar-refractivity contribution < 1.29 is 0 Å². The van der Waals surface area contributed by atoms with Gasteiger partial charge in [-0.1, -0.05) is 165 Å². The van der Waals surface area contributed by atoms with Crippen molar-refractivity contribution in [1.29, 1.82) is 0 Å². The molecule has 0 saturated heterocycles. The van der Waals surface area contributed by atoms with Gasteiger partial charge in [-0.25, -0.2) is 0 Å². The summed E-state index contributed by atoms with van der Waals surface area (Å²) in [6, 6.07) is 74.4. The quantitative estimate of drug-likeness (QED) is 0.156. The van der Waals surface area contributed by atoms with E-state index in [-0.39, 0.29) is 0 Å². The van der Waals surface area contributed by atoms with Crippen molar-refractivity contribution in [2.75, 3.05) is 4.90 Å². The minimum atomic E-state index is 0.592. The van der Waals surface area contributed by atoms with Crippen molar-refractivity contribution in [2.45, 2.75) is 38.0 Å². The molecule has 0 atom stereocenters. The van der Waals surface area contributed by atoms with E-state index in [1.54, 1.807) is 0 Å². The minimum absolute atomic E-state index is 0.592. The molecule has 9 aromatic carbocycles. The van der Waals surface area contributed by atoms with Crippen LogP contribution in [0.4, 0.5) is 17.1 Å². The summed E-state index contributed by atoms with van der Waals surface area (Å²) in [6.45, 7) is 0. The molecule has 0 spiro atoms. The zero-order chi connectivity index (χ0) is 40.3. The van der Waals surface area contributed by atoms with E-state index in [1.807, 2.05) is 11.3 Å². The SMILES string of the molecule is c1ccc(-n2c3ccccc3c3ccc(-c4ccc(N(c5ccccc5-c5cccc6cccc(C7CCCCC7)c56)c5cccc6c5sc5ccccc56)cc4)cc32)cc1. The first kappa shape index (κ1) is 36.0. The molecule has 0 aliphatic heterocycles. The van der Waals surface area contributed by atoms with Crippen LogP contribution in [0.1, 0.15) is 43.6 Å². The van der Waals surface area contributed by atoms with Crippen molar-refractivity contribution in [3.8, 4) is 27.9 Å². The van der Waals surface area contributed by atoms with Gasteiger partial charge >= 0.3 is 0 Å². The standard InChI is InChI=1S/C58H44N2S/c1-3-16-40(17-4-1)45-25-13-18-41-19-14-26-50(57(41)45)47-23-8-11-29-53(47)59(54-30-15-27-51-49-24-9-12-31-56(49)61-58(51)54)44-35-32-39(33-36-44)42-34-37-48-46-22-7-10-28-52(46)60(55(48)38-42)43-20-5-2-6-21-43/h2,5-15,18-38,40H,1,3-4,16-17H2. The summed E-state index contributed by atoms with van der Waals surface area (Å²) in [4.78, 5) is 2.52. The molecule has 11 aromatic rings. The van der Waals surface area contributed by atoms with Crippen LogP contribution in [0.15, 0.2) is 200 Å². The van der Waals surface area contributed by atoms with Crippen molar-refractivity contribution in [1.82, 2.24) is 4.57 Å². The Balaban J connectivity index is 1.04. The molecule has 1 saturated carbocycles. The molecule has 1 aliphatic rings. The van der Waals surface area contributed by atoms with Crippen molar-refractivity contribution in [3.05, 3.63) is 206 Å². The summed E-state index contributed by atoms with van der Waals surface area (Å²) in [7, 11) is 0. The fourth-order valence-electron chi connectivity index (χ4n) is 10.4. The smallest absolute Gasteiger partial charge is 0.0640 e. The van der Waals surface area contributed by atoms with Crippen LogP contribution in [-0.4, -0.2) is 4.57 Å². The highest BCUT2D eigenvalue weighted by atomic mass is 32.1. The molecule has 0 unspecified atom stereocenters. The summed E-state index contributed by atoms with van der Waals surface area (Å²) in [5, 5.41) is 7.86. The third-order valence-corrected chi connectivity index (χ3v) is 14.4. The number of nitrogens with zero attached hydrogens (tertiary/aromatic N) is 2. The Bertz CT molecular complexity index is 3400. The van der Waals surface area contributed by atoms with Crippen LogP contribution >= 0.6 is 11.3 Å². The van der Waals surface area contributed by atoms with Gasteiger partial charge in [-0.3, -0.25) is 0 Å². The van der Waals surface area contributed by atoms with Gasteiger partial charge in [-0.05, 0) is 106 Å². The fraction of sp³-hybridized carbons (Fsp3) is 0.103. The van der Waals surface area contributed by atoms with Crippen LogP contribution in [0.25, 0.3) is 80.7 Å². The summed E-state index contributed by atoms with van der Waals surface area (Å²) in [6.07, 6.45) is 6.51. The number of benzene rings is 9. The van der Waals surface area contributed by atoms with E-state index in [0.717, 1.165) is 5.69 Å². The number of anilines is 3. The average molecular weight is 801 g/mol. The van der Waals surface area contributed by atoms with Crippen LogP contribution in [0.3, 0.4) is 0 Å². The molecule has 0 N–H and O–H groups in total. The monoisotopic (exact) mass is 800 g/mol. The van der Waals surface area contributed by atoms with Crippen molar-refractivity contribution in [3.63, 3.8) is 0 Å². The van der Waals surface area contributed by atoms with Gasteiger partial charge in [-0.15, -0.1) is 11.3 Å². The maximum absolute atomic E-state index is 2.52. The summed E-state index contributed by atoms with van der Waals surface area (Å²) < 4.78 is 5.01. The molecule has 2 nitrogen and oxygen atoms in total. The largest absolute Gasteiger partial charge is 0.309 e. The van der Waals surface area contributed by atoms with Gasteiger partial charge < -0.3 is 9.47 Å². The Morgan fingerprint density at radius 1 is 0.459 bits per heavy atom. The first-order chi connectivity index (χ1) is 30.3. The van der Waals surface area contributed by atoms with Gasteiger partial charge in [0.15, 0.2) is 0 Å². The number of para-hydroxylation sites is 3. The molecule has 1 aliphatic carbocycles. The molecule has 0 bridgehead atoms. The van der Waals surface area contributed by atoms with Gasteiger partial charge in [0, 0.05) is 43.2 Å². The van der Waals surface area contributed by atoms with Crippen LogP contribution in [-0.2, 0) is 0 Å². The number of rotatable bonds is 7. The van der Waals surface area contributed by atoms with Crippen LogP contribution in [0.2, 0.25) is 0 Å². The van der Waals surface area contributed by atoms with Gasteiger partial charge in [-0.2, -0.15) is 0 Å². The molecular weight excluding hydrogens is 757 g/mol. The molecule has 292 valence electrons. The van der Waals surface area contributed by atoms with Gasteiger partial charge in [0.1, 0.15) is 0 Å². The van der Waals surface area contributed by atoms with Crippen LogP contribution in [0.5, 0.6) is 0 Å². The molecular formula is C58H44N2S. The Morgan fingerprint density at radius 2 is 1.11 bits per heavy atom. The first-order valence-electron chi connectivity index (χ1n) is 21.8. The first-order valence-corrected chi connectivity index (χ1v) is 22.6. The van der Waals surface area contributed by atoms with Gasteiger partial charge in [0.25, 0.3) is 0 Å². The predicted molar refractivity (Wildman–Crippen MR) is 263 cm³/mol. The topological polar surface area (TPSA) is 8.17 Å². The second kappa shape index (κ2) is 15.0. The molecule has 0 amide bonds. The highest BCUT2D eigenvalue weighted by Crippen LogP contribution is 2.49. The average Bonchev–Trinajstić information content (AvgIpc) is 3.88. The highest BCUT2D eigenvalue weighted by molar-refractivity contribution is 7.26. The van der Waals surface area contributed by atoms with Crippen molar-refractivity contribution in [2.24, 2.45) is 0 Å². The van der Waals surface area contributed by atoms with E-state index in [2.05, 4.69) is 210 Å². The van der Waals surface area contributed by atoms with E-state index in [1.165, 1.54) is 130 Å². The summed E-state index contributed by atoms with van der Waals surface area (Å²) in [5.41, 5.74) is 13.6. The lowest BCUT2D eigenvalue weighted by molar-refractivity contribution is 0.445. The highest BCUT2D eigenvalue weighted by Gasteiger charge is 2.24. The Labute approximate surface area is 360 Å². The number of aromatic nitrogens is 1. The maximum atomic E-state index is 2.52. The van der Waals surface area contributed by atoms with Gasteiger partial charge in [0.2, 0.25) is 0 Å². The molecule has 2 aromatic heterocycles. The number of fused-ring (bicyclic) bond motifs is 7. The Hall–Kier alpha value is -6.94. The zero-order valence-electron chi connectivity index (χ0n) is 34.0. The normalized spacial score (nSPS) is 13.5. The minimum Gasteiger partial charge on any atom is -0.309 e. The van der Waals surface area contributed by atoms with Crippen LogP contribution in [0, 0.1) is 0 Å². The lowest BCUT2D eigenvalue weighted by atomic mass is 9.80. The number of thiophene rings is 1. The Morgan fingerprint density at radius 3 is 1.98 bits per heavy atom. The second-order valence-electron chi connectivity index (χ2n) is 16.7. The van der Waals surface area contributed by atoms with Crippen molar-refractivity contribution >= 4 is 81.1 Å². The zero-order valence-corrected chi connectivity index (χ0v) is 34.8.